The molecule has 0 bridgehead atoms. The minimum absolute atomic E-state index is 0.335. The Balaban J connectivity index is 2.91. The Morgan fingerprint density at radius 3 is 2.83 bits per heavy atom. The van der Waals surface area contributed by atoms with Crippen LogP contribution in [0.3, 0.4) is 0 Å². The first-order valence-electron chi connectivity index (χ1n) is 3.77. The van der Waals surface area contributed by atoms with Gasteiger partial charge in [0.1, 0.15) is 5.69 Å². The van der Waals surface area contributed by atoms with Crippen molar-refractivity contribution in [1.82, 2.24) is 4.98 Å². The molecule has 0 radical (unpaired) electrons. The van der Waals surface area contributed by atoms with Crippen LogP contribution in [0, 0.1) is 5.41 Å². The normalized spacial score (nSPS) is 9.42. The van der Waals surface area contributed by atoms with Crippen molar-refractivity contribution in [3.05, 3.63) is 29.6 Å². The van der Waals surface area contributed by atoms with E-state index in [0.29, 0.717) is 5.69 Å². The standard InChI is InChI=1S/C9H10N2O/c1-2-7-3-4-8(11-6-7)9(12)5-10/h3-6,10H,2H2,1H3. The Morgan fingerprint density at radius 1 is 1.67 bits per heavy atom. The van der Waals surface area contributed by atoms with Crippen molar-refractivity contribution in [2.45, 2.75) is 13.3 Å². The largest absolute Gasteiger partial charge is 0.305 e. The maximum absolute atomic E-state index is 10.9. The predicted octanol–water partition coefficient (Wildman–Crippen LogP) is 1.48. The van der Waals surface area contributed by atoms with E-state index in [4.69, 9.17) is 5.41 Å². The van der Waals surface area contributed by atoms with E-state index in [1.165, 1.54) is 0 Å². The summed E-state index contributed by atoms with van der Waals surface area (Å²) in [5.74, 6) is -0.349. The van der Waals surface area contributed by atoms with E-state index in [-0.39, 0.29) is 5.78 Å². The Hall–Kier alpha value is -1.51. The van der Waals surface area contributed by atoms with Gasteiger partial charge in [-0.2, -0.15) is 0 Å². The highest BCUT2D eigenvalue weighted by molar-refractivity contribution is 6.33. The van der Waals surface area contributed by atoms with E-state index in [2.05, 4.69) is 4.98 Å². The molecule has 0 aromatic carbocycles. The molecule has 0 aliphatic carbocycles. The third-order valence-corrected chi connectivity index (χ3v) is 1.62. The molecule has 1 heterocycles. The number of ketones is 1. The average Bonchev–Trinajstić information content (AvgIpc) is 2.17. The molecule has 62 valence electrons. The molecule has 0 spiro atoms. The lowest BCUT2D eigenvalue weighted by Gasteiger charge is -1.96. The van der Waals surface area contributed by atoms with Crippen molar-refractivity contribution < 1.29 is 4.79 Å². The van der Waals surface area contributed by atoms with Crippen LogP contribution in [0.2, 0.25) is 0 Å². The Kier molecular flexibility index (Phi) is 2.69. The van der Waals surface area contributed by atoms with Gasteiger partial charge in [-0.15, -0.1) is 0 Å². The van der Waals surface area contributed by atoms with Gasteiger partial charge in [0.2, 0.25) is 5.78 Å². The Bertz CT molecular complexity index is 290. The van der Waals surface area contributed by atoms with E-state index in [1.54, 1.807) is 12.3 Å². The maximum Gasteiger partial charge on any atom is 0.221 e. The zero-order valence-electron chi connectivity index (χ0n) is 6.87. The monoisotopic (exact) mass is 162 g/mol. The summed E-state index contributed by atoms with van der Waals surface area (Å²) in [7, 11) is 0. The van der Waals surface area contributed by atoms with Gasteiger partial charge in [-0.3, -0.25) is 9.78 Å². The van der Waals surface area contributed by atoms with E-state index in [9.17, 15) is 4.79 Å². The van der Waals surface area contributed by atoms with Crippen LogP contribution in [-0.2, 0) is 6.42 Å². The van der Waals surface area contributed by atoms with Crippen LogP contribution in [0.15, 0.2) is 18.3 Å². The summed E-state index contributed by atoms with van der Waals surface area (Å²) in [6.07, 6.45) is 3.34. The number of carbonyl (C=O) groups is 1. The molecule has 1 aromatic heterocycles. The number of nitrogens with zero attached hydrogens (tertiary/aromatic N) is 1. The van der Waals surface area contributed by atoms with E-state index in [1.807, 2.05) is 13.0 Å². The molecule has 0 saturated heterocycles. The number of aryl methyl sites for hydroxylation is 1. The second kappa shape index (κ2) is 3.76. The third kappa shape index (κ3) is 1.75. The maximum atomic E-state index is 10.9. The van der Waals surface area contributed by atoms with Gasteiger partial charge in [-0.05, 0) is 18.1 Å². The summed E-state index contributed by atoms with van der Waals surface area (Å²) in [5.41, 5.74) is 1.43. The molecule has 0 amide bonds. The van der Waals surface area contributed by atoms with Crippen molar-refractivity contribution in [1.29, 1.82) is 5.41 Å². The highest BCUT2D eigenvalue weighted by Gasteiger charge is 2.01. The van der Waals surface area contributed by atoms with Gasteiger partial charge >= 0.3 is 0 Å². The van der Waals surface area contributed by atoms with Crippen LogP contribution < -0.4 is 0 Å². The van der Waals surface area contributed by atoms with Crippen LogP contribution in [0.1, 0.15) is 23.0 Å². The number of pyridine rings is 1. The van der Waals surface area contributed by atoms with Crippen LogP contribution >= 0.6 is 0 Å². The molecule has 1 rings (SSSR count). The summed E-state index contributed by atoms with van der Waals surface area (Å²) in [6.45, 7) is 2.02. The second-order valence-electron chi connectivity index (χ2n) is 2.41. The van der Waals surface area contributed by atoms with Gasteiger partial charge in [-0.1, -0.05) is 13.0 Å². The zero-order valence-corrected chi connectivity index (χ0v) is 6.87. The van der Waals surface area contributed by atoms with Crippen molar-refractivity contribution in [3.8, 4) is 0 Å². The number of hydrogen-bond donors (Lipinski definition) is 1. The topological polar surface area (TPSA) is 53.8 Å². The van der Waals surface area contributed by atoms with Gasteiger partial charge in [-0.25, -0.2) is 0 Å². The number of nitrogens with one attached hydrogen (secondary N) is 1. The summed E-state index contributed by atoms with van der Waals surface area (Å²) in [6, 6.07) is 3.50. The van der Waals surface area contributed by atoms with Gasteiger partial charge in [0, 0.05) is 6.20 Å². The van der Waals surface area contributed by atoms with E-state index in [0.717, 1.165) is 18.2 Å². The summed E-state index contributed by atoms with van der Waals surface area (Å²) in [5, 5.41) is 6.73. The summed E-state index contributed by atoms with van der Waals surface area (Å²) in [4.78, 5) is 14.8. The highest BCUT2D eigenvalue weighted by atomic mass is 16.1. The van der Waals surface area contributed by atoms with Crippen molar-refractivity contribution >= 4 is 12.0 Å². The van der Waals surface area contributed by atoms with Crippen molar-refractivity contribution in [2.24, 2.45) is 0 Å². The first-order chi connectivity index (χ1) is 5.77. The zero-order chi connectivity index (χ0) is 8.97. The average molecular weight is 162 g/mol. The molecule has 0 unspecified atom stereocenters. The van der Waals surface area contributed by atoms with Crippen molar-refractivity contribution in [2.75, 3.05) is 0 Å². The number of hydrogen-bond acceptors (Lipinski definition) is 3. The predicted molar refractivity (Wildman–Crippen MR) is 46.7 cm³/mol. The minimum Gasteiger partial charge on any atom is -0.305 e. The van der Waals surface area contributed by atoms with Gasteiger partial charge in [0.05, 0.1) is 6.21 Å². The molecule has 0 aliphatic rings. The molecule has 1 aromatic rings. The second-order valence-corrected chi connectivity index (χ2v) is 2.41. The first-order valence-corrected chi connectivity index (χ1v) is 3.77. The van der Waals surface area contributed by atoms with Crippen LogP contribution in [0.4, 0.5) is 0 Å². The number of rotatable bonds is 3. The molecule has 3 heteroatoms. The highest BCUT2D eigenvalue weighted by Crippen LogP contribution is 2.00. The van der Waals surface area contributed by atoms with Gasteiger partial charge in [0.15, 0.2) is 0 Å². The molecular formula is C9H10N2O. The fourth-order valence-electron chi connectivity index (χ4n) is 0.853. The smallest absolute Gasteiger partial charge is 0.221 e. The van der Waals surface area contributed by atoms with E-state index < -0.39 is 0 Å². The fourth-order valence-corrected chi connectivity index (χ4v) is 0.853. The van der Waals surface area contributed by atoms with Crippen LogP contribution in [0.25, 0.3) is 0 Å². The van der Waals surface area contributed by atoms with Crippen molar-refractivity contribution in [3.63, 3.8) is 0 Å². The minimum atomic E-state index is -0.349. The lowest BCUT2D eigenvalue weighted by molar-refractivity contribution is 0.106. The molecule has 0 saturated carbocycles. The molecule has 0 fully saturated rings. The summed E-state index contributed by atoms with van der Waals surface area (Å²) < 4.78 is 0. The summed E-state index contributed by atoms with van der Waals surface area (Å²) >= 11 is 0. The van der Waals surface area contributed by atoms with E-state index >= 15 is 0 Å². The number of aromatic nitrogens is 1. The lowest BCUT2D eigenvalue weighted by atomic mass is 10.2. The number of carbonyl (C=O) groups excluding carboxylic acids is 1. The molecule has 12 heavy (non-hydrogen) atoms. The fraction of sp³-hybridized carbons (Fsp3) is 0.222. The number of Topliss-reactive ketones (excluding diaryl/α,β-unsaturated/α-hetero) is 1. The Labute approximate surface area is 71.0 Å². The first kappa shape index (κ1) is 8.59. The molecule has 3 nitrogen and oxygen atoms in total. The Morgan fingerprint density at radius 2 is 2.42 bits per heavy atom. The molecule has 0 atom stereocenters. The lowest BCUT2D eigenvalue weighted by Crippen LogP contribution is -2.02. The van der Waals surface area contributed by atoms with Crippen LogP contribution in [-0.4, -0.2) is 17.0 Å². The van der Waals surface area contributed by atoms with Gasteiger partial charge in [0.25, 0.3) is 0 Å². The molecular weight excluding hydrogens is 152 g/mol. The molecule has 0 aliphatic heterocycles. The quantitative estimate of drug-likeness (QED) is 0.540. The van der Waals surface area contributed by atoms with Gasteiger partial charge < -0.3 is 5.41 Å². The SMILES string of the molecule is CCc1ccc(C(=O)C=N)nc1. The molecule has 1 N–H and O–H groups in total. The van der Waals surface area contributed by atoms with Crippen LogP contribution in [0.5, 0.6) is 0 Å². The third-order valence-electron chi connectivity index (χ3n) is 1.62.